The van der Waals surface area contributed by atoms with E-state index in [9.17, 15) is 14.4 Å². The molecule has 1 aliphatic heterocycles. The number of benzene rings is 1. The standard InChI is InChI=1S/C17H19N5O3S2/c1-21(2)17(25)27-13-5-3-11(4-6-13)19-14(23)9-12-10-26-16(20-12)22-8-7-18-15(22)24/h3-6,10H,7-9H2,1-2H3,(H,18,24)(H,19,23). The first-order valence-corrected chi connectivity index (χ1v) is 9.91. The Morgan fingerprint density at radius 3 is 2.70 bits per heavy atom. The van der Waals surface area contributed by atoms with Gasteiger partial charge in [-0.25, -0.2) is 9.78 Å². The molecule has 27 heavy (non-hydrogen) atoms. The molecule has 2 aromatic rings. The molecule has 8 nitrogen and oxygen atoms in total. The van der Waals surface area contributed by atoms with E-state index in [1.165, 1.54) is 16.2 Å². The first-order chi connectivity index (χ1) is 12.9. The molecule has 1 fully saturated rings. The molecule has 1 aromatic carbocycles. The molecule has 2 N–H and O–H groups in total. The maximum atomic E-state index is 12.2. The Bertz CT molecular complexity index is 851. The molecular weight excluding hydrogens is 386 g/mol. The van der Waals surface area contributed by atoms with E-state index < -0.39 is 0 Å². The summed E-state index contributed by atoms with van der Waals surface area (Å²) in [5, 5.41) is 7.86. The van der Waals surface area contributed by atoms with Gasteiger partial charge in [-0.3, -0.25) is 14.5 Å². The van der Waals surface area contributed by atoms with Crippen LogP contribution in [-0.4, -0.2) is 54.2 Å². The number of anilines is 2. The van der Waals surface area contributed by atoms with E-state index in [2.05, 4.69) is 15.6 Å². The van der Waals surface area contributed by atoms with E-state index >= 15 is 0 Å². The molecule has 2 heterocycles. The summed E-state index contributed by atoms with van der Waals surface area (Å²) in [5.41, 5.74) is 1.27. The summed E-state index contributed by atoms with van der Waals surface area (Å²) in [5.74, 6) is -0.192. The fraction of sp³-hybridized carbons (Fsp3) is 0.294. The molecule has 0 radical (unpaired) electrons. The Hall–Kier alpha value is -2.59. The summed E-state index contributed by atoms with van der Waals surface area (Å²) in [6, 6.07) is 6.92. The van der Waals surface area contributed by atoms with Gasteiger partial charge in [-0.15, -0.1) is 11.3 Å². The summed E-state index contributed by atoms with van der Waals surface area (Å²) in [6.45, 7) is 1.18. The van der Waals surface area contributed by atoms with E-state index in [1.54, 1.807) is 48.6 Å². The number of aromatic nitrogens is 1. The van der Waals surface area contributed by atoms with E-state index in [4.69, 9.17) is 0 Å². The topological polar surface area (TPSA) is 94.6 Å². The van der Waals surface area contributed by atoms with Crippen LogP contribution in [0.4, 0.5) is 20.4 Å². The highest BCUT2D eigenvalue weighted by molar-refractivity contribution is 8.13. The molecule has 1 saturated heterocycles. The van der Waals surface area contributed by atoms with Gasteiger partial charge in [-0.05, 0) is 36.0 Å². The highest BCUT2D eigenvalue weighted by Crippen LogP contribution is 2.24. The Balaban J connectivity index is 1.54. The molecule has 1 aliphatic rings. The molecule has 0 saturated carbocycles. The van der Waals surface area contributed by atoms with Crippen LogP contribution >= 0.6 is 23.1 Å². The van der Waals surface area contributed by atoms with Gasteiger partial charge >= 0.3 is 6.03 Å². The minimum absolute atomic E-state index is 0.0576. The second kappa shape index (κ2) is 8.40. The van der Waals surface area contributed by atoms with Crippen molar-refractivity contribution in [1.29, 1.82) is 0 Å². The monoisotopic (exact) mass is 405 g/mol. The third-order valence-corrected chi connectivity index (χ3v) is 5.64. The zero-order chi connectivity index (χ0) is 19.4. The molecular formula is C17H19N5O3S2. The summed E-state index contributed by atoms with van der Waals surface area (Å²) in [6.07, 6.45) is 0.127. The average molecular weight is 406 g/mol. The number of nitrogens with one attached hydrogen (secondary N) is 2. The van der Waals surface area contributed by atoms with Gasteiger partial charge < -0.3 is 15.5 Å². The van der Waals surface area contributed by atoms with Crippen LogP contribution in [0.25, 0.3) is 0 Å². The number of carbonyl (C=O) groups is 3. The zero-order valence-corrected chi connectivity index (χ0v) is 16.5. The van der Waals surface area contributed by atoms with Crippen molar-refractivity contribution >= 4 is 51.1 Å². The van der Waals surface area contributed by atoms with Gasteiger partial charge in [0.2, 0.25) is 5.91 Å². The Kier molecular flexibility index (Phi) is 5.97. The molecule has 0 spiro atoms. The van der Waals surface area contributed by atoms with Gasteiger partial charge in [0, 0.05) is 43.1 Å². The van der Waals surface area contributed by atoms with Crippen molar-refractivity contribution in [3.8, 4) is 0 Å². The Morgan fingerprint density at radius 2 is 2.07 bits per heavy atom. The zero-order valence-electron chi connectivity index (χ0n) is 14.9. The number of carbonyl (C=O) groups excluding carboxylic acids is 3. The van der Waals surface area contributed by atoms with E-state index in [0.717, 1.165) is 16.7 Å². The predicted molar refractivity (Wildman–Crippen MR) is 107 cm³/mol. The number of thiazole rings is 1. The molecule has 142 valence electrons. The largest absolute Gasteiger partial charge is 0.339 e. The molecule has 0 aliphatic carbocycles. The SMILES string of the molecule is CN(C)C(=O)Sc1ccc(NC(=O)Cc2csc(N3CCNC3=O)n2)cc1. The smallest absolute Gasteiger partial charge is 0.323 e. The fourth-order valence-electron chi connectivity index (χ4n) is 2.32. The Labute approximate surface area is 164 Å². The van der Waals surface area contributed by atoms with Crippen molar-refractivity contribution in [2.24, 2.45) is 0 Å². The van der Waals surface area contributed by atoms with Crippen molar-refractivity contribution in [3.05, 3.63) is 35.3 Å². The molecule has 0 bridgehead atoms. The lowest BCUT2D eigenvalue weighted by Crippen LogP contribution is -2.27. The van der Waals surface area contributed by atoms with Gasteiger partial charge in [0.1, 0.15) is 0 Å². The van der Waals surface area contributed by atoms with Crippen molar-refractivity contribution in [1.82, 2.24) is 15.2 Å². The van der Waals surface area contributed by atoms with Gasteiger partial charge in [-0.1, -0.05) is 0 Å². The maximum absolute atomic E-state index is 12.2. The highest BCUT2D eigenvalue weighted by Gasteiger charge is 2.24. The van der Waals surface area contributed by atoms with Crippen molar-refractivity contribution in [3.63, 3.8) is 0 Å². The second-order valence-corrected chi connectivity index (χ2v) is 7.88. The molecule has 1 aromatic heterocycles. The summed E-state index contributed by atoms with van der Waals surface area (Å²) < 4.78 is 0. The number of hydrogen-bond acceptors (Lipinski definition) is 6. The lowest BCUT2D eigenvalue weighted by atomic mass is 10.3. The van der Waals surface area contributed by atoms with Crippen LogP contribution in [0.15, 0.2) is 34.5 Å². The number of thioether (sulfide) groups is 1. The normalized spacial score (nSPS) is 13.4. The third-order valence-electron chi connectivity index (χ3n) is 3.68. The van der Waals surface area contributed by atoms with Gasteiger partial charge in [0.25, 0.3) is 5.24 Å². The third kappa shape index (κ3) is 4.98. The van der Waals surface area contributed by atoms with Gasteiger partial charge in [0.05, 0.1) is 12.1 Å². The highest BCUT2D eigenvalue weighted by atomic mass is 32.2. The fourth-order valence-corrected chi connectivity index (χ4v) is 3.83. The summed E-state index contributed by atoms with van der Waals surface area (Å²) >= 11 is 2.47. The van der Waals surface area contributed by atoms with Crippen molar-refractivity contribution in [2.45, 2.75) is 11.3 Å². The number of urea groups is 1. The van der Waals surface area contributed by atoms with Crippen LogP contribution in [0.2, 0.25) is 0 Å². The van der Waals surface area contributed by atoms with E-state index in [1.807, 2.05) is 0 Å². The molecule has 4 amide bonds. The van der Waals surface area contributed by atoms with E-state index in [0.29, 0.717) is 29.6 Å². The average Bonchev–Trinajstić information content (AvgIpc) is 3.25. The molecule has 10 heteroatoms. The number of nitrogens with zero attached hydrogens (tertiary/aromatic N) is 3. The predicted octanol–water partition coefficient (Wildman–Crippen LogP) is 2.63. The number of hydrogen-bond donors (Lipinski definition) is 2. The van der Waals surface area contributed by atoms with Gasteiger partial charge in [0.15, 0.2) is 5.13 Å². The first-order valence-electron chi connectivity index (χ1n) is 8.21. The van der Waals surface area contributed by atoms with Crippen LogP contribution in [0, 0.1) is 0 Å². The summed E-state index contributed by atoms with van der Waals surface area (Å²) in [7, 11) is 3.40. The minimum atomic E-state index is -0.192. The maximum Gasteiger partial charge on any atom is 0.323 e. The molecule has 0 atom stereocenters. The lowest BCUT2D eigenvalue weighted by molar-refractivity contribution is -0.115. The van der Waals surface area contributed by atoms with Crippen LogP contribution in [-0.2, 0) is 11.2 Å². The molecule has 3 rings (SSSR count). The first kappa shape index (κ1) is 19.2. The summed E-state index contributed by atoms with van der Waals surface area (Å²) in [4.78, 5) is 43.8. The van der Waals surface area contributed by atoms with Crippen LogP contribution in [0.1, 0.15) is 5.69 Å². The van der Waals surface area contributed by atoms with Crippen LogP contribution in [0.3, 0.4) is 0 Å². The van der Waals surface area contributed by atoms with Crippen LogP contribution < -0.4 is 15.5 Å². The quantitative estimate of drug-likeness (QED) is 0.746. The van der Waals surface area contributed by atoms with Crippen LogP contribution in [0.5, 0.6) is 0 Å². The van der Waals surface area contributed by atoms with E-state index in [-0.39, 0.29) is 23.6 Å². The van der Waals surface area contributed by atoms with Gasteiger partial charge in [-0.2, -0.15) is 0 Å². The van der Waals surface area contributed by atoms with Crippen molar-refractivity contribution < 1.29 is 14.4 Å². The molecule has 0 unspecified atom stereocenters. The number of rotatable bonds is 5. The Morgan fingerprint density at radius 1 is 1.33 bits per heavy atom. The van der Waals surface area contributed by atoms with Crippen molar-refractivity contribution in [2.75, 3.05) is 37.4 Å². The second-order valence-electron chi connectivity index (χ2n) is 6.02. The minimum Gasteiger partial charge on any atom is -0.339 e. The number of amides is 4. The lowest BCUT2D eigenvalue weighted by Gasteiger charge is -2.10.